The van der Waals surface area contributed by atoms with Crippen LogP contribution in [0.1, 0.15) is 5.56 Å². The Hall–Kier alpha value is -2.17. The van der Waals surface area contributed by atoms with Crippen LogP contribution in [0.4, 0.5) is 0 Å². The fourth-order valence-corrected chi connectivity index (χ4v) is 2.08. The zero-order valence-corrected chi connectivity index (χ0v) is 11.4. The largest absolute Gasteiger partial charge is 0.493 e. The van der Waals surface area contributed by atoms with Crippen molar-refractivity contribution in [1.29, 1.82) is 0 Å². The number of carbonyl (C=O) groups excluding carboxylic acids is 1. The molecule has 0 saturated carbocycles. The number of benzene rings is 1. The standard InChI is InChI=1S/C14H17NO4/c1-9-7-15(14(9)16)8-10-5-11(17-2)13(19-4)12(6-10)18-3/h5-6H,1,7-8H2,2-4H3. The first-order valence-corrected chi connectivity index (χ1v) is 5.86. The number of likely N-dealkylation sites (tertiary alicyclic amines) is 1. The fourth-order valence-electron chi connectivity index (χ4n) is 2.08. The Morgan fingerprint density at radius 3 is 2.11 bits per heavy atom. The molecule has 0 aromatic heterocycles. The van der Waals surface area contributed by atoms with Gasteiger partial charge in [0.1, 0.15) is 0 Å². The summed E-state index contributed by atoms with van der Waals surface area (Å²) >= 11 is 0. The average Bonchev–Trinajstić information content (AvgIpc) is 2.45. The number of hydrogen-bond acceptors (Lipinski definition) is 4. The number of amides is 1. The van der Waals surface area contributed by atoms with E-state index in [4.69, 9.17) is 14.2 Å². The molecule has 1 aromatic carbocycles. The highest BCUT2D eigenvalue weighted by molar-refractivity contribution is 5.99. The van der Waals surface area contributed by atoms with Gasteiger partial charge in [-0.1, -0.05) is 6.58 Å². The number of carbonyl (C=O) groups is 1. The topological polar surface area (TPSA) is 48.0 Å². The van der Waals surface area contributed by atoms with Gasteiger partial charge in [0.2, 0.25) is 5.75 Å². The van der Waals surface area contributed by atoms with E-state index in [2.05, 4.69) is 6.58 Å². The van der Waals surface area contributed by atoms with Crippen LogP contribution in [0, 0.1) is 0 Å². The van der Waals surface area contributed by atoms with Crippen molar-refractivity contribution in [1.82, 2.24) is 4.90 Å². The smallest absolute Gasteiger partial charge is 0.251 e. The second-order valence-corrected chi connectivity index (χ2v) is 4.30. The van der Waals surface area contributed by atoms with Crippen molar-refractivity contribution in [2.75, 3.05) is 27.9 Å². The van der Waals surface area contributed by atoms with Crippen LogP contribution < -0.4 is 14.2 Å². The first kappa shape index (κ1) is 13.3. The summed E-state index contributed by atoms with van der Waals surface area (Å²) in [6.07, 6.45) is 0. The van der Waals surface area contributed by atoms with Crippen molar-refractivity contribution in [3.05, 3.63) is 29.8 Å². The Kier molecular flexibility index (Phi) is 3.64. The van der Waals surface area contributed by atoms with Gasteiger partial charge < -0.3 is 19.1 Å². The summed E-state index contributed by atoms with van der Waals surface area (Å²) in [7, 11) is 4.69. The van der Waals surface area contributed by atoms with E-state index in [0.717, 1.165) is 5.56 Å². The molecule has 0 aliphatic carbocycles. The van der Waals surface area contributed by atoms with E-state index < -0.39 is 0 Å². The Morgan fingerprint density at radius 2 is 1.74 bits per heavy atom. The third-order valence-corrected chi connectivity index (χ3v) is 3.07. The van der Waals surface area contributed by atoms with Crippen molar-refractivity contribution >= 4 is 5.91 Å². The monoisotopic (exact) mass is 263 g/mol. The summed E-state index contributed by atoms with van der Waals surface area (Å²) in [5, 5.41) is 0. The SMILES string of the molecule is C=C1CN(Cc2cc(OC)c(OC)c(OC)c2)C1=O. The van der Waals surface area contributed by atoms with Crippen LogP contribution in [0.3, 0.4) is 0 Å². The average molecular weight is 263 g/mol. The van der Waals surface area contributed by atoms with Gasteiger partial charge in [0, 0.05) is 12.1 Å². The molecule has 1 amide bonds. The maximum absolute atomic E-state index is 11.5. The lowest BCUT2D eigenvalue weighted by Crippen LogP contribution is -2.44. The highest BCUT2D eigenvalue weighted by atomic mass is 16.5. The molecule has 1 aliphatic rings. The lowest BCUT2D eigenvalue weighted by Gasteiger charge is -2.32. The summed E-state index contributed by atoms with van der Waals surface area (Å²) in [6.45, 7) is 4.78. The maximum atomic E-state index is 11.5. The van der Waals surface area contributed by atoms with Gasteiger partial charge in [-0.15, -0.1) is 0 Å². The van der Waals surface area contributed by atoms with E-state index in [1.807, 2.05) is 12.1 Å². The minimum absolute atomic E-state index is 0.00579. The fraction of sp³-hybridized carbons (Fsp3) is 0.357. The predicted molar refractivity (Wildman–Crippen MR) is 70.7 cm³/mol. The Balaban J connectivity index is 2.26. The van der Waals surface area contributed by atoms with Gasteiger partial charge in [0.25, 0.3) is 5.91 Å². The Labute approximate surface area is 112 Å². The molecular formula is C14H17NO4. The number of methoxy groups -OCH3 is 3. The molecule has 19 heavy (non-hydrogen) atoms. The lowest BCUT2D eigenvalue weighted by molar-refractivity contribution is -0.133. The third kappa shape index (κ3) is 2.36. The van der Waals surface area contributed by atoms with Gasteiger partial charge in [0.05, 0.1) is 27.9 Å². The van der Waals surface area contributed by atoms with E-state index in [0.29, 0.717) is 35.9 Å². The summed E-state index contributed by atoms with van der Waals surface area (Å²) in [6, 6.07) is 3.69. The van der Waals surface area contributed by atoms with Crippen molar-refractivity contribution in [3.8, 4) is 17.2 Å². The summed E-state index contributed by atoms with van der Waals surface area (Å²) in [5.41, 5.74) is 1.57. The van der Waals surface area contributed by atoms with Crippen LogP contribution in [0.15, 0.2) is 24.3 Å². The van der Waals surface area contributed by atoms with Gasteiger partial charge in [-0.05, 0) is 17.7 Å². The highest BCUT2D eigenvalue weighted by Crippen LogP contribution is 2.38. The molecule has 0 radical (unpaired) electrons. The van der Waals surface area contributed by atoms with Crippen molar-refractivity contribution in [2.24, 2.45) is 0 Å². The number of rotatable bonds is 5. The van der Waals surface area contributed by atoms with Crippen molar-refractivity contribution < 1.29 is 19.0 Å². The van der Waals surface area contributed by atoms with Crippen molar-refractivity contribution in [3.63, 3.8) is 0 Å². The number of β-lactam (4-membered cyclic amide) rings is 1. The second-order valence-electron chi connectivity index (χ2n) is 4.30. The summed E-state index contributed by atoms with van der Waals surface area (Å²) < 4.78 is 15.8. The van der Waals surface area contributed by atoms with Gasteiger partial charge in [-0.2, -0.15) is 0 Å². The van der Waals surface area contributed by atoms with Crippen LogP contribution in [0.5, 0.6) is 17.2 Å². The molecule has 0 atom stereocenters. The molecule has 2 rings (SSSR count). The molecule has 1 aromatic rings. The number of hydrogen-bond donors (Lipinski definition) is 0. The highest BCUT2D eigenvalue weighted by Gasteiger charge is 2.28. The minimum Gasteiger partial charge on any atom is -0.493 e. The molecule has 1 aliphatic heterocycles. The number of nitrogens with zero attached hydrogens (tertiary/aromatic N) is 1. The summed E-state index contributed by atoms with van der Waals surface area (Å²) in [4.78, 5) is 13.2. The van der Waals surface area contributed by atoms with Crippen molar-refractivity contribution in [2.45, 2.75) is 6.54 Å². The van der Waals surface area contributed by atoms with E-state index in [-0.39, 0.29) is 5.91 Å². The molecule has 5 heteroatoms. The quantitative estimate of drug-likeness (QED) is 0.598. The van der Waals surface area contributed by atoms with Crippen LogP contribution in [0.2, 0.25) is 0 Å². The predicted octanol–water partition coefficient (Wildman–Crippen LogP) is 1.61. The minimum atomic E-state index is -0.00579. The number of ether oxygens (including phenoxy) is 3. The van der Waals surface area contributed by atoms with E-state index in [1.54, 1.807) is 26.2 Å². The first-order chi connectivity index (χ1) is 9.10. The molecule has 102 valence electrons. The first-order valence-electron chi connectivity index (χ1n) is 5.86. The van der Waals surface area contributed by atoms with Gasteiger partial charge in [0.15, 0.2) is 11.5 Å². The molecule has 1 saturated heterocycles. The molecule has 0 bridgehead atoms. The molecule has 0 unspecified atom stereocenters. The second kappa shape index (κ2) is 5.22. The Bertz CT molecular complexity index is 499. The normalized spacial score (nSPS) is 14.2. The molecular weight excluding hydrogens is 246 g/mol. The zero-order valence-electron chi connectivity index (χ0n) is 11.4. The van der Waals surface area contributed by atoms with Gasteiger partial charge in [-0.25, -0.2) is 0 Å². The third-order valence-electron chi connectivity index (χ3n) is 3.07. The van der Waals surface area contributed by atoms with Crippen LogP contribution >= 0.6 is 0 Å². The van der Waals surface area contributed by atoms with Gasteiger partial charge >= 0.3 is 0 Å². The van der Waals surface area contributed by atoms with Crippen LogP contribution in [-0.4, -0.2) is 38.7 Å². The van der Waals surface area contributed by atoms with Gasteiger partial charge in [-0.3, -0.25) is 4.79 Å². The zero-order chi connectivity index (χ0) is 14.0. The summed E-state index contributed by atoms with van der Waals surface area (Å²) in [5.74, 6) is 1.72. The van der Waals surface area contributed by atoms with E-state index in [9.17, 15) is 4.79 Å². The van der Waals surface area contributed by atoms with Crippen LogP contribution in [0.25, 0.3) is 0 Å². The lowest BCUT2D eigenvalue weighted by atomic mass is 10.1. The molecule has 0 N–H and O–H groups in total. The molecule has 1 heterocycles. The van der Waals surface area contributed by atoms with E-state index in [1.165, 1.54) is 0 Å². The maximum Gasteiger partial charge on any atom is 0.251 e. The molecule has 1 fully saturated rings. The Morgan fingerprint density at radius 1 is 1.16 bits per heavy atom. The molecule has 0 spiro atoms. The van der Waals surface area contributed by atoms with Crippen LogP contribution in [-0.2, 0) is 11.3 Å². The molecule has 5 nitrogen and oxygen atoms in total. The van der Waals surface area contributed by atoms with E-state index >= 15 is 0 Å².